The second-order valence-electron chi connectivity index (χ2n) is 3.52. The first kappa shape index (κ1) is 12.7. The van der Waals surface area contributed by atoms with Crippen molar-refractivity contribution in [2.24, 2.45) is 5.73 Å². The highest BCUT2D eigenvalue weighted by atomic mass is 16.1. The maximum absolute atomic E-state index is 12.0. The van der Waals surface area contributed by atoms with Crippen molar-refractivity contribution in [2.75, 3.05) is 6.54 Å². The zero-order chi connectivity index (χ0) is 13.5. The molecule has 0 saturated carbocycles. The van der Waals surface area contributed by atoms with E-state index in [0.29, 0.717) is 11.4 Å². The smallest absolute Gasteiger partial charge is 0.271 e. The van der Waals surface area contributed by atoms with Crippen LogP contribution in [0.2, 0.25) is 0 Å². The van der Waals surface area contributed by atoms with Gasteiger partial charge in [-0.15, -0.1) is 0 Å². The van der Waals surface area contributed by atoms with E-state index < -0.39 is 0 Å². The fraction of sp³-hybridized carbons (Fsp3) is 0.167. The van der Waals surface area contributed by atoms with Crippen LogP contribution in [0.1, 0.15) is 21.9 Å². The van der Waals surface area contributed by atoms with Gasteiger partial charge in [0.1, 0.15) is 17.8 Å². The van der Waals surface area contributed by atoms with Gasteiger partial charge in [-0.3, -0.25) is 9.89 Å². The molecule has 0 spiro atoms. The van der Waals surface area contributed by atoms with Crippen molar-refractivity contribution in [2.45, 2.75) is 6.54 Å². The molecule has 2 heterocycles. The first-order valence-corrected chi connectivity index (χ1v) is 5.57. The van der Waals surface area contributed by atoms with E-state index in [1.807, 2.05) is 0 Å². The van der Waals surface area contributed by atoms with E-state index in [0.717, 1.165) is 0 Å². The molecule has 0 aliphatic heterocycles. The molecule has 0 bridgehead atoms. The van der Waals surface area contributed by atoms with Crippen molar-refractivity contribution >= 4 is 5.91 Å². The normalized spacial score (nSPS) is 9.53. The molecule has 0 fully saturated rings. The average molecular weight is 256 g/mol. The standard InChI is InChI=1S/C12H12N6O/c13-5-1-3-9-4-2-6-14-11(9)12(19)15-7-10-16-8-17-18-10/h2,4,6,8H,5,7,13H2,(H,15,19)(H,16,17,18). The van der Waals surface area contributed by atoms with Crippen molar-refractivity contribution in [3.05, 3.63) is 41.7 Å². The van der Waals surface area contributed by atoms with Crippen molar-refractivity contribution in [3.63, 3.8) is 0 Å². The molecule has 19 heavy (non-hydrogen) atoms. The summed E-state index contributed by atoms with van der Waals surface area (Å²) in [6.45, 7) is 0.479. The molecule has 1 amide bonds. The molecule has 0 saturated heterocycles. The molecule has 96 valence electrons. The molecule has 0 unspecified atom stereocenters. The number of pyridine rings is 1. The molecule has 7 nitrogen and oxygen atoms in total. The summed E-state index contributed by atoms with van der Waals surface area (Å²) in [7, 11) is 0. The van der Waals surface area contributed by atoms with Gasteiger partial charge >= 0.3 is 0 Å². The van der Waals surface area contributed by atoms with Gasteiger partial charge in [-0.25, -0.2) is 9.97 Å². The summed E-state index contributed by atoms with van der Waals surface area (Å²) in [6.07, 6.45) is 2.91. The number of hydrogen-bond acceptors (Lipinski definition) is 5. The molecule has 0 atom stereocenters. The summed E-state index contributed by atoms with van der Waals surface area (Å²) in [5.41, 5.74) is 6.12. The molecule has 2 aromatic heterocycles. The molecular weight excluding hydrogens is 244 g/mol. The SMILES string of the molecule is NCC#Cc1cccnc1C(=O)NCc1ncn[nH]1. The van der Waals surface area contributed by atoms with E-state index in [2.05, 4.69) is 37.3 Å². The van der Waals surface area contributed by atoms with Crippen molar-refractivity contribution in [3.8, 4) is 11.8 Å². The lowest BCUT2D eigenvalue weighted by atomic mass is 10.2. The number of carbonyl (C=O) groups is 1. The minimum absolute atomic E-state index is 0.230. The van der Waals surface area contributed by atoms with Gasteiger partial charge in [0.2, 0.25) is 0 Å². The predicted molar refractivity (Wildman–Crippen MR) is 67.7 cm³/mol. The number of H-pyrrole nitrogens is 1. The molecule has 0 aliphatic carbocycles. The van der Waals surface area contributed by atoms with Crippen molar-refractivity contribution in [1.82, 2.24) is 25.5 Å². The van der Waals surface area contributed by atoms with Gasteiger partial charge < -0.3 is 11.1 Å². The van der Waals surface area contributed by atoms with Crippen LogP contribution < -0.4 is 11.1 Å². The van der Waals surface area contributed by atoms with Gasteiger partial charge in [-0.2, -0.15) is 5.10 Å². The molecule has 0 radical (unpaired) electrons. The van der Waals surface area contributed by atoms with Crippen molar-refractivity contribution in [1.29, 1.82) is 0 Å². The summed E-state index contributed by atoms with van der Waals surface area (Å²) in [5.74, 6) is 5.76. The number of aromatic nitrogens is 4. The lowest BCUT2D eigenvalue weighted by Gasteiger charge is -2.04. The van der Waals surface area contributed by atoms with Gasteiger partial charge in [-0.1, -0.05) is 11.8 Å². The summed E-state index contributed by atoms with van der Waals surface area (Å²) >= 11 is 0. The Morgan fingerprint density at radius 3 is 3.11 bits per heavy atom. The monoisotopic (exact) mass is 256 g/mol. The third kappa shape index (κ3) is 3.37. The zero-order valence-corrected chi connectivity index (χ0v) is 10.1. The number of nitrogens with two attached hydrogens (primary N) is 1. The van der Waals surface area contributed by atoms with Crippen molar-refractivity contribution < 1.29 is 4.79 Å². The highest BCUT2D eigenvalue weighted by Gasteiger charge is 2.11. The van der Waals surface area contributed by atoms with E-state index in [9.17, 15) is 4.79 Å². The van der Waals surface area contributed by atoms with Gasteiger partial charge in [0, 0.05) is 6.20 Å². The average Bonchev–Trinajstić information content (AvgIpc) is 2.96. The summed E-state index contributed by atoms with van der Waals surface area (Å²) in [6, 6.07) is 3.44. The summed E-state index contributed by atoms with van der Waals surface area (Å²) in [5, 5.41) is 9.03. The number of aromatic amines is 1. The molecule has 0 aromatic carbocycles. The Hall–Kier alpha value is -2.72. The maximum atomic E-state index is 12.0. The molecule has 7 heteroatoms. The topological polar surface area (TPSA) is 110 Å². The van der Waals surface area contributed by atoms with E-state index in [4.69, 9.17) is 5.73 Å². The second kappa shape index (κ2) is 6.28. The van der Waals surface area contributed by atoms with Crippen LogP contribution in [0.5, 0.6) is 0 Å². The molecule has 2 rings (SSSR count). The van der Waals surface area contributed by atoms with Gasteiger partial charge in [-0.05, 0) is 12.1 Å². The van der Waals surface area contributed by atoms with Gasteiger partial charge in [0.05, 0.1) is 18.7 Å². The van der Waals surface area contributed by atoms with Crippen LogP contribution in [0, 0.1) is 11.8 Å². The van der Waals surface area contributed by atoms with Crippen LogP contribution in [-0.4, -0.2) is 32.6 Å². The highest BCUT2D eigenvalue weighted by Crippen LogP contribution is 2.03. The zero-order valence-electron chi connectivity index (χ0n) is 10.1. The van der Waals surface area contributed by atoms with Crippen LogP contribution in [0.3, 0.4) is 0 Å². The van der Waals surface area contributed by atoms with E-state index in [1.165, 1.54) is 12.5 Å². The largest absolute Gasteiger partial charge is 0.343 e. The summed E-state index contributed by atoms with van der Waals surface area (Å²) in [4.78, 5) is 19.9. The molecule has 2 aromatic rings. The third-order valence-corrected chi connectivity index (χ3v) is 2.23. The second-order valence-corrected chi connectivity index (χ2v) is 3.52. The predicted octanol–water partition coefficient (Wildman–Crippen LogP) is -0.560. The van der Waals surface area contributed by atoms with Gasteiger partial charge in [0.25, 0.3) is 5.91 Å². The number of nitrogens with one attached hydrogen (secondary N) is 2. The number of rotatable bonds is 3. The minimum atomic E-state index is -0.321. The number of nitrogens with zero attached hydrogens (tertiary/aromatic N) is 3. The Bertz CT molecular complexity index is 611. The Morgan fingerprint density at radius 1 is 1.47 bits per heavy atom. The molecule has 4 N–H and O–H groups in total. The Morgan fingerprint density at radius 2 is 2.37 bits per heavy atom. The van der Waals surface area contributed by atoms with Crippen LogP contribution in [0.4, 0.5) is 0 Å². The van der Waals surface area contributed by atoms with Crippen LogP contribution in [0.25, 0.3) is 0 Å². The fourth-order valence-electron chi connectivity index (χ4n) is 1.40. The highest BCUT2D eigenvalue weighted by molar-refractivity contribution is 5.94. The number of carbonyl (C=O) groups excluding carboxylic acids is 1. The van der Waals surface area contributed by atoms with Gasteiger partial charge in [0.15, 0.2) is 0 Å². The number of hydrogen-bond donors (Lipinski definition) is 3. The van der Waals surface area contributed by atoms with Crippen LogP contribution >= 0.6 is 0 Å². The first-order chi connectivity index (χ1) is 9.31. The third-order valence-electron chi connectivity index (χ3n) is 2.23. The van der Waals surface area contributed by atoms with E-state index >= 15 is 0 Å². The maximum Gasteiger partial charge on any atom is 0.271 e. The fourth-order valence-corrected chi connectivity index (χ4v) is 1.40. The van der Waals surface area contributed by atoms with Crippen LogP contribution in [-0.2, 0) is 6.54 Å². The Kier molecular flexibility index (Phi) is 4.21. The van der Waals surface area contributed by atoms with Crippen LogP contribution in [0.15, 0.2) is 24.7 Å². The van der Waals surface area contributed by atoms with E-state index in [-0.39, 0.29) is 24.7 Å². The summed E-state index contributed by atoms with van der Waals surface area (Å²) < 4.78 is 0. The Labute approximate surface area is 109 Å². The molecule has 0 aliphatic rings. The van der Waals surface area contributed by atoms with E-state index in [1.54, 1.807) is 12.1 Å². The quantitative estimate of drug-likeness (QED) is 0.638. The Balaban J connectivity index is 2.10. The molecular formula is C12H12N6O. The number of amides is 1. The minimum Gasteiger partial charge on any atom is -0.343 e. The first-order valence-electron chi connectivity index (χ1n) is 5.57. The lowest BCUT2D eigenvalue weighted by molar-refractivity contribution is 0.0944. The lowest BCUT2D eigenvalue weighted by Crippen LogP contribution is -2.25.